The lowest BCUT2D eigenvalue weighted by molar-refractivity contribution is -0.123. The van der Waals surface area contributed by atoms with Crippen LogP contribution in [0.15, 0.2) is 18.3 Å². The minimum Gasteiger partial charge on any atom is -0.370 e. The van der Waals surface area contributed by atoms with Crippen molar-refractivity contribution in [3.05, 3.63) is 18.3 Å². The highest BCUT2D eigenvalue weighted by atomic mass is 16.2. The highest BCUT2D eigenvalue weighted by Crippen LogP contribution is 2.19. The molecule has 7 nitrogen and oxygen atoms in total. The van der Waals surface area contributed by atoms with Gasteiger partial charge in [-0.1, -0.05) is 6.92 Å². The molecule has 7 heteroatoms. The molecule has 138 valence electrons. The number of urea groups is 1. The Morgan fingerprint density at radius 1 is 1.16 bits per heavy atom. The smallest absolute Gasteiger partial charge is 0.321 e. The molecule has 0 radical (unpaired) electrons. The lowest BCUT2D eigenvalue weighted by Gasteiger charge is -2.28. The molecule has 3 amide bonds. The molecular weight excluding hydrogens is 318 g/mol. The Kier molecular flexibility index (Phi) is 7.03. The van der Waals surface area contributed by atoms with E-state index in [9.17, 15) is 9.59 Å². The van der Waals surface area contributed by atoms with Crippen LogP contribution in [0.2, 0.25) is 0 Å². The van der Waals surface area contributed by atoms with Gasteiger partial charge in [0, 0.05) is 19.1 Å². The van der Waals surface area contributed by atoms with Crippen LogP contribution in [-0.4, -0.2) is 42.1 Å². The second-order valence-electron chi connectivity index (χ2n) is 6.59. The van der Waals surface area contributed by atoms with E-state index in [0.29, 0.717) is 5.82 Å². The van der Waals surface area contributed by atoms with Gasteiger partial charge >= 0.3 is 6.03 Å². The van der Waals surface area contributed by atoms with Crippen molar-refractivity contribution >= 4 is 23.4 Å². The summed E-state index contributed by atoms with van der Waals surface area (Å²) in [4.78, 5) is 30.6. The van der Waals surface area contributed by atoms with E-state index in [0.717, 1.165) is 25.2 Å². The van der Waals surface area contributed by atoms with Gasteiger partial charge in [0.2, 0.25) is 5.91 Å². The van der Waals surface area contributed by atoms with E-state index in [2.05, 4.69) is 25.8 Å². The molecule has 1 aliphatic heterocycles. The normalized spacial score (nSPS) is 16.7. The molecule has 0 unspecified atom stereocenters. The van der Waals surface area contributed by atoms with Crippen LogP contribution in [0, 0.1) is 0 Å². The number of nitrogens with one attached hydrogen (secondary N) is 3. The first-order valence-corrected chi connectivity index (χ1v) is 9.08. The summed E-state index contributed by atoms with van der Waals surface area (Å²) in [6.07, 6.45) is 6.32. The van der Waals surface area contributed by atoms with Crippen LogP contribution >= 0.6 is 0 Å². The maximum Gasteiger partial charge on any atom is 0.321 e. The zero-order valence-corrected chi connectivity index (χ0v) is 15.3. The van der Waals surface area contributed by atoms with Crippen molar-refractivity contribution in [2.24, 2.45) is 0 Å². The van der Waals surface area contributed by atoms with E-state index in [1.807, 2.05) is 19.9 Å². The van der Waals surface area contributed by atoms with Crippen molar-refractivity contribution in [2.75, 3.05) is 23.3 Å². The van der Waals surface area contributed by atoms with Crippen molar-refractivity contribution in [1.29, 1.82) is 0 Å². The largest absolute Gasteiger partial charge is 0.370 e. The van der Waals surface area contributed by atoms with Gasteiger partial charge in [-0.25, -0.2) is 9.78 Å². The average Bonchev–Trinajstić information content (AvgIpc) is 2.62. The van der Waals surface area contributed by atoms with E-state index >= 15 is 0 Å². The molecule has 0 saturated carbocycles. The topological polar surface area (TPSA) is 86.4 Å². The summed E-state index contributed by atoms with van der Waals surface area (Å²) in [5, 5.41) is 8.13. The summed E-state index contributed by atoms with van der Waals surface area (Å²) in [6.45, 7) is 7.69. The summed E-state index contributed by atoms with van der Waals surface area (Å²) in [6, 6.07) is 2.79. The van der Waals surface area contributed by atoms with Crippen molar-refractivity contribution < 1.29 is 9.59 Å². The van der Waals surface area contributed by atoms with Crippen molar-refractivity contribution in [3.63, 3.8) is 0 Å². The number of hydrogen-bond acceptors (Lipinski definition) is 4. The predicted octanol–water partition coefficient (Wildman–Crippen LogP) is 2.50. The van der Waals surface area contributed by atoms with Crippen LogP contribution in [0.25, 0.3) is 0 Å². The fraction of sp³-hybridized carbons (Fsp3) is 0.611. The van der Waals surface area contributed by atoms with Crippen molar-refractivity contribution in [3.8, 4) is 0 Å². The molecule has 25 heavy (non-hydrogen) atoms. The summed E-state index contributed by atoms with van der Waals surface area (Å²) in [5.74, 6) is 0.269. The highest BCUT2D eigenvalue weighted by molar-refractivity contribution is 5.93. The molecule has 2 heterocycles. The van der Waals surface area contributed by atoms with Crippen LogP contribution in [0.3, 0.4) is 0 Å². The monoisotopic (exact) mass is 347 g/mol. The van der Waals surface area contributed by atoms with Crippen molar-refractivity contribution in [1.82, 2.24) is 15.6 Å². The highest BCUT2D eigenvalue weighted by Gasteiger charge is 2.17. The van der Waals surface area contributed by atoms with Gasteiger partial charge in [0.25, 0.3) is 0 Å². The molecule has 1 aromatic rings. The number of pyridine rings is 1. The number of hydrogen-bond donors (Lipinski definition) is 3. The third-order valence-electron chi connectivity index (χ3n) is 4.45. The maximum absolute atomic E-state index is 12.0. The summed E-state index contributed by atoms with van der Waals surface area (Å²) >= 11 is 0. The van der Waals surface area contributed by atoms with E-state index in [4.69, 9.17) is 0 Å². The molecule has 0 aliphatic carbocycles. The number of piperidine rings is 1. The summed E-state index contributed by atoms with van der Waals surface area (Å²) < 4.78 is 0. The third kappa shape index (κ3) is 5.92. The number of anilines is 2. The Bertz CT molecular complexity index is 569. The van der Waals surface area contributed by atoms with Gasteiger partial charge in [0.05, 0.1) is 11.9 Å². The van der Waals surface area contributed by atoms with Gasteiger partial charge in [0.15, 0.2) is 0 Å². The molecule has 0 aromatic carbocycles. The number of amides is 3. The zero-order chi connectivity index (χ0) is 18.2. The Balaban J connectivity index is 1.82. The zero-order valence-electron chi connectivity index (χ0n) is 15.3. The van der Waals surface area contributed by atoms with Gasteiger partial charge in [-0.05, 0) is 51.7 Å². The lowest BCUT2D eigenvalue weighted by atomic mass is 10.1. The molecule has 1 aliphatic rings. The maximum atomic E-state index is 12.0. The molecular formula is C18H29N5O2. The molecule has 1 aromatic heterocycles. The minimum absolute atomic E-state index is 0.0869. The van der Waals surface area contributed by atoms with Crippen LogP contribution in [0.1, 0.15) is 46.5 Å². The third-order valence-corrected chi connectivity index (χ3v) is 4.45. The Labute approximate surface area is 149 Å². The van der Waals surface area contributed by atoms with Crippen LogP contribution in [-0.2, 0) is 4.79 Å². The number of carbonyl (C=O) groups is 2. The van der Waals surface area contributed by atoms with Gasteiger partial charge in [0.1, 0.15) is 11.9 Å². The van der Waals surface area contributed by atoms with Crippen LogP contribution in [0.5, 0.6) is 0 Å². The van der Waals surface area contributed by atoms with E-state index < -0.39 is 12.1 Å². The molecule has 3 N–H and O–H groups in total. The van der Waals surface area contributed by atoms with Gasteiger partial charge < -0.3 is 15.5 Å². The number of aromatic nitrogens is 1. The molecule has 1 saturated heterocycles. The quantitative estimate of drug-likeness (QED) is 0.738. The number of rotatable bonds is 6. The standard InChI is InChI=1S/C18H29N5O2/c1-4-13(2)20-17(24)14(3)21-18(25)22-16-9-8-15(12-19-16)23-10-6-5-7-11-23/h8-9,12-14H,4-7,10-11H2,1-3H3,(H,20,24)(H2,19,21,22,25)/t13-,14+/m0/s1. The van der Waals surface area contributed by atoms with E-state index in [1.54, 1.807) is 19.2 Å². The fourth-order valence-electron chi connectivity index (χ4n) is 2.68. The molecule has 1 fully saturated rings. The Morgan fingerprint density at radius 2 is 1.88 bits per heavy atom. The first-order chi connectivity index (χ1) is 12.0. The first kappa shape index (κ1) is 19.0. The van der Waals surface area contributed by atoms with Crippen LogP contribution in [0.4, 0.5) is 16.3 Å². The van der Waals surface area contributed by atoms with Gasteiger partial charge in [-0.2, -0.15) is 0 Å². The average molecular weight is 347 g/mol. The molecule has 2 rings (SSSR count). The second kappa shape index (κ2) is 9.25. The van der Waals surface area contributed by atoms with Gasteiger partial charge in [-0.15, -0.1) is 0 Å². The van der Waals surface area contributed by atoms with E-state index in [-0.39, 0.29) is 11.9 Å². The molecule has 0 bridgehead atoms. The Morgan fingerprint density at radius 3 is 2.48 bits per heavy atom. The second-order valence-corrected chi connectivity index (χ2v) is 6.59. The lowest BCUT2D eigenvalue weighted by Crippen LogP contribution is -2.48. The molecule has 2 atom stereocenters. The minimum atomic E-state index is -0.610. The predicted molar refractivity (Wildman–Crippen MR) is 99.8 cm³/mol. The number of nitrogens with zero attached hydrogens (tertiary/aromatic N) is 2. The Hall–Kier alpha value is -2.31. The first-order valence-electron chi connectivity index (χ1n) is 9.08. The van der Waals surface area contributed by atoms with Gasteiger partial charge in [-0.3, -0.25) is 10.1 Å². The summed E-state index contributed by atoms with van der Waals surface area (Å²) in [7, 11) is 0. The van der Waals surface area contributed by atoms with Crippen LogP contribution < -0.4 is 20.9 Å². The number of carbonyl (C=O) groups excluding carboxylic acids is 2. The molecule has 0 spiro atoms. The van der Waals surface area contributed by atoms with E-state index in [1.165, 1.54) is 19.3 Å². The SMILES string of the molecule is CC[C@H](C)NC(=O)[C@@H](C)NC(=O)Nc1ccc(N2CCCCC2)cn1. The fourth-order valence-corrected chi connectivity index (χ4v) is 2.68. The van der Waals surface area contributed by atoms with Crippen molar-refractivity contribution in [2.45, 2.75) is 58.5 Å². The summed E-state index contributed by atoms with van der Waals surface area (Å²) in [5.41, 5.74) is 1.08.